The van der Waals surface area contributed by atoms with Crippen LogP contribution in [0.2, 0.25) is 0 Å². The highest BCUT2D eigenvalue weighted by Crippen LogP contribution is 2.22. The maximum Gasteiger partial charge on any atom is 0.186 e. The number of hydrogen-bond donors (Lipinski definition) is 8. The van der Waals surface area contributed by atoms with Gasteiger partial charge in [0.1, 0.15) is 30.2 Å². The lowest BCUT2D eigenvalue weighted by Gasteiger charge is -2.40. The number of aliphatic hydroxyl groups excluding tert-OH is 6. The summed E-state index contributed by atoms with van der Waals surface area (Å²) in [6.45, 7) is 1.21. The van der Waals surface area contributed by atoms with Gasteiger partial charge in [0, 0.05) is 18.9 Å². The van der Waals surface area contributed by atoms with Gasteiger partial charge in [-0.05, 0) is 32.6 Å². The first-order valence-electron chi connectivity index (χ1n) is 17.9. The van der Waals surface area contributed by atoms with E-state index in [2.05, 4.69) is 0 Å². The summed E-state index contributed by atoms with van der Waals surface area (Å²) in [5.41, 5.74) is 11.7. The molecule has 1 saturated heterocycles. The Kier molecular flexibility index (Phi) is 24.7. The van der Waals surface area contributed by atoms with E-state index in [0.29, 0.717) is 18.6 Å². The average Bonchev–Trinajstić information content (AvgIpc) is 3.02. The summed E-state index contributed by atoms with van der Waals surface area (Å²) in [5.74, 6) is 0.403. The minimum atomic E-state index is -1.51. The number of carbonyl (C=O) groups excluding carboxylic acids is 1. The third-order valence-corrected chi connectivity index (χ3v) is 9.06. The van der Waals surface area contributed by atoms with E-state index in [1.165, 1.54) is 44.9 Å². The van der Waals surface area contributed by atoms with Gasteiger partial charge in [0.25, 0.3) is 0 Å². The molecule has 9 atom stereocenters. The fourth-order valence-electron chi connectivity index (χ4n) is 5.77. The molecule has 0 spiro atoms. The molecule has 1 aliphatic rings. The molecule has 268 valence electrons. The van der Waals surface area contributed by atoms with Crippen molar-refractivity contribution in [3.63, 3.8) is 0 Å². The first kappa shape index (κ1) is 42.3. The van der Waals surface area contributed by atoms with E-state index >= 15 is 0 Å². The highest BCUT2D eigenvalue weighted by molar-refractivity contribution is 5.78. The maximum absolute atomic E-state index is 12.1. The van der Waals surface area contributed by atoms with Gasteiger partial charge in [0.2, 0.25) is 0 Å². The van der Waals surface area contributed by atoms with Crippen LogP contribution in [0.1, 0.15) is 142 Å². The molecule has 1 aliphatic heterocycles. The van der Waals surface area contributed by atoms with E-state index in [4.69, 9.17) is 20.9 Å². The zero-order chi connectivity index (χ0) is 33.5. The zero-order valence-corrected chi connectivity index (χ0v) is 28.0. The number of aliphatic hydroxyl groups is 6. The Labute approximate surface area is 272 Å². The molecule has 0 aliphatic carbocycles. The maximum atomic E-state index is 12.1. The summed E-state index contributed by atoms with van der Waals surface area (Å²) >= 11 is 0. The summed E-state index contributed by atoms with van der Waals surface area (Å²) in [5, 5.41) is 59.0. The Morgan fingerprint density at radius 3 is 1.53 bits per heavy atom. The molecule has 0 aromatic rings. The molecule has 0 amide bonds. The van der Waals surface area contributed by atoms with Gasteiger partial charge in [-0.3, -0.25) is 4.79 Å². The molecule has 1 heterocycles. The Morgan fingerprint density at radius 1 is 0.667 bits per heavy atom. The fraction of sp³-hybridized carbons (Fsp3) is 0.971. The molecule has 11 nitrogen and oxygen atoms in total. The van der Waals surface area contributed by atoms with Crippen LogP contribution < -0.4 is 11.5 Å². The number of carbonyl (C=O) groups is 1. The van der Waals surface area contributed by atoms with Crippen molar-refractivity contribution in [3.05, 3.63) is 0 Å². The number of ketones is 1. The Bertz CT molecular complexity index is 715. The number of Topliss-reactive ketones (excluding diaryl/α,β-unsaturated/α-hetero) is 1. The van der Waals surface area contributed by atoms with Crippen molar-refractivity contribution in [1.82, 2.24) is 0 Å². The van der Waals surface area contributed by atoms with Crippen molar-refractivity contribution in [2.75, 3.05) is 13.2 Å². The Balaban J connectivity index is 1.88. The molecule has 0 unspecified atom stereocenters. The molecule has 0 bridgehead atoms. The van der Waals surface area contributed by atoms with Gasteiger partial charge in [-0.1, -0.05) is 96.3 Å². The number of ether oxygens (including phenoxy) is 2. The van der Waals surface area contributed by atoms with Crippen LogP contribution in [0, 0.1) is 0 Å². The van der Waals surface area contributed by atoms with Crippen molar-refractivity contribution in [1.29, 1.82) is 0 Å². The summed E-state index contributed by atoms with van der Waals surface area (Å²) in [6.07, 6.45) is 13.9. The first-order chi connectivity index (χ1) is 21.6. The van der Waals surface area contributed by atoms with E-state index in [9.17, 15) is 35.4 Å². The van der Waals surface area contributed by atoms with Crippen LogP contribution in [0.3, 0.4) is 0 Å². The van der Waals surface area contributed by atoms with E-state index < -0.39 is 55.6 Å². The molecule has 10 N–H and O–H groups in total. The lowest BCUT2D eigenvalue weighted by atomic mass is 9.99. The van der Waals surface area contributed by atoms with Gasteiger partial charge >= 0.3 is 0 Å². The highest BCUT2D eigenvalue weighted by Gasteiger charge is 2.44. The van der Waals surface area contributed by atoms with E-state index in [0.717, 1.165) is 77.0 Å². The van der Waals surface area contributed by atoms with Crippen LogP contribution in [0.15, 0.2) is 0 Å². The number of unbranched alkanes of at least 4 members (excludes halogenated alkanes) is 15. The number of hydrogen-bond acceptors (Lipinski definition) is 11. The molecular weight excluding hydrogens is 580 g/mol. The van der Waals surface area contributed by atoms with Gasteiger partial charge in [-0.25, -0.2) is 0 Å². The van der Waals surface area contributed by atoms with Crippen LogP contribution >= 0.6 is 0 Å². The molecule has 0 radical (unpaired) electrons. The molecule has 0 aromatic carbocycles. The number of nitrogens with two attached hydrogens (primary N) is 2. The summed E-state index contributed by atoms with van der Waals surface area (Å²) < 4.78 is 10.7. The second kappa shape index (κ2) is 26.3. The molecule has 45 heavy (non-hydrogen) atoms. The van der Waals surface area contributed by atoms with Crippen molar-refractivity contribution in [2.24, 2.45) is 11.5 Å². The van der Waals surface area contributed by atoms with Crippen molar-refractivity contribution >= 4 is 5.78 Å². The largest absolute Gasteiger partial charge is 0.394 e. The van der Waals surface area contributed by atoms with Gasteiger partial charge in [0.15, 0.2) is 6.29 Å². The van der Waals surface area contributed by atoms with E-state index in [-0.39, 0.29) is 12.6 Å². The summed E-state index contributed by atoms with van der Waals surface area (Å²) in [7, 11) is 0. The SMILES string of the molecule is C[C@H](N)[C@@H](O)CCCCCCCC(=O)CCCCCCCCCCCCCC[C@@H](O)[C@@H](N)CO[C@@H]1O[C@H](CO)[C@@H](O)[C@H](O)[C@H]1O. The minimum absolute atomic E-state index is 0.0909. The second-order valence-electron chi connectivity index (χ2n) is 13.3. The summed E-state index contributed by atoms with van der Waals surface area (Å²) in [6, 6.07) is -0.844. The Hall–Kier alpha value is -0.730. The predicted octanol–water partition coefficient (Wildman–Crippen LogP) is 2.96. The van der Waals surface area contributed by atoms with Crippen molar-refractivity contribution in [2.45, 2.75) is 197 Å². The quantitative estimate of drug-likeness (QED) is 0.0553. The smallest absolute Gasteiger partial charge is 0.186 e. The van der Waals surface area contributed by atoms with Gasteiger partial charge in [-0.15, -0.1) is 0 Å². The van der Waals surface area contributed by atoms with Crippen molar-refractivity contribution < 1.29 is 44.9 Å². The standard InChI is InChI=1S/C34H68N2O9/c1-25(35)28(39)21-17-14-10-12-16-20-26(38)19-15-11-8-6-4-2-3-5-7-9-13-18-22-29(40)27(36)24-44-34-33(43)32(42)31(41)30(23-37)45-34/h25,27-34,37,39-43H,2-24,35-36H2,1H3/t25-,27-,28-,29+,30+,31+,32-,33+,34+/m0/s1. The number of rotatable bonds is 29. The molecule has 11 heteroatoms. The third kappa shape index (κ3) is 19.6. The predicted molar refractivity (Wildman–Crippen MR) is 175 cm³/mol. The van der Waals surface area contributed by atoms with Gasteiger partial charge in [-0.2, -0.15) is 0 Å². The molecule has 1 fully saturated rings. The lowest BCUT2D eigenvalue weighted by molar-refractivity contribution is -0.302. The van der Waals surface area contributed by atoms with E-state index in [1.807, 2.05) is 6.92 Å². The third-order valence-electron chi connectivity index (χ3n) is 9.06. The molecular formula is C34H68N2O9. The van der Waals surface area contributed by atoms with Crippen LogP contribution in [0.4, 0.5) is 0 Å². The fourth-order valence-corrected chi connectivity index (χ4v) is 5.77. The Morgan fingerprint density at radius 2 is 1.09 bits per heavy atom. The minimum Gasteiger partial charge on any atom is -0.394 e. The van der Waals surface area contributed by atoms with Crippen LogP contribution in [-0.2, 0) is 14.3 Å². The van der Waals surface area contributed by atoms with Crippen LogP contribution in [0.25, 0.3) is 0 Å². The van der Waals surface area contributed by atoms with Crippen LogP contribution in [0.5, 0.6) is 0 Å². The molecule has 1 rings (SSSR count). The molecule has 0 aromatic heterocycles. The normalized spacial score (nSPS) is 24.8. The topological polar surface area (TPSA) is 209 Å². The van der Waals surface area contributed by atoms with Gasteiger partial charge < -0.3 is 51.6 Å². The van der Waals surface area contributed by atoms with E-state index in [1.54, 1.807) is 0 Å². The average molecular weight is 649 g/mol. The summed E-state index contributed by atoms with van der Waals surface area (Å²) in [4.78, 5) is 12.1. The first-order valence-corrected chi connectivity index (χ1v) is 17.9. The monoisotopic (exact) mass is 648 g/mol. The zero-order valence-electron chi connectivity index (χ0n) is 28.0. The second-order valence-corrected chi connectivity index (χ2v) is 13.3. The lowest BCUT2D eigenvalue weighted by Crippen LogP contribution is -2.59. The van der Waals surface area contributed by atoms with Crippen molar-refractivity contribution in [3.8, 4) is 0 Å². The highest BCUT2D eigenvalue weighted by atomic mass is 16.7. The van der Waals surface area contributed by atoms with Crippen LogP contribution in [-0.4, -0.2) is 105 Å². The molecule has 0 saturated carbocycles. The van der Waals surface area contributed by atoms with Gasteiger partial charge in [0.05, 0.1) is 31.5 Å².